The van der Waals surface area contributed by atoms with Crippen LogP contribution in [0.1, 0.15) is 11.6 Å². The minimum atomic E-state index is -5.66. The van der Waals surface area contributed by atoms with Crippen molar-refractivity contribution in [1.82, 2.24) is 5.32 Å². The second-order valence-corrected chi connectivity index (χ2v) is 3.99. The van der Waals surface area contributed by atoms with E-state index < -0.39 is 41.5 Å². The summed E-state index contributed by atoms with van der Waals surface area (Å²) in [6, 6.07) is -1.10. The third kappa shape index (κ3) is 3.59. The Morgan fingerprint density at radius 3 is 1.85 bits per heavy atom. The summed E-state index contributed by atoms with van der Waals surface area (Å²) in [7, 11) is 0.805. The van der Waals surface area contributed by atoms with Crippen molar-refractivity contribution in [2.24, 2.45) is 5.92 Å². The molecule has 0 bridgehead atoms. The first-order valence-electron chi connectivity index (χ1n) is 5.24. The first-order valence-corrected chi connectivity index (χ1v) is 5.24. The molecule has 1 unspecified atom stereocenters. The fourth-order valence-electron chi connectivity index (χ4n) is 1.82. The number of nitrogens with one attached hydrogen (secondary N) is 1. The summed E-state index contributed by atoms with van der Waals surface area (Å²) in [5.74, 6) is -6.34. The third-order valence-electron chi connectivity index (χ3n) is 2.64. The van der Waals surface area contributed by atoms with Gasteiger partial charge in [0.2, 0.25) is 0 Å². The van der Waals surface area contributed by atoms with Crippen molar-refractivity contribution >= 4 is 0 Å². The fraction of sp³-hybridized carbons (Fsp3) is 0.455. The maximum Gasteiger partial charge on any atom is 0.402 e. The molecular weight excluding hydrogens is 298 g/mol. The Hall–Kier alpha value is -1.38. The summed E-state index contributed by atoms with van der Waals surface area (Å²) in [4.78, 5) is 0. The number of alkyl halides is 6. The average Bonchev–Trinajstić information content (AvgIpc) is 2.25. The SMILES string of the molecule is CNC(c1cc(F)ccc1F)C(C(F)(F)F)C(F)(F)F. The van der Waals surface area contributed by atoms with Gasteiger partial charge in [-0.2, -0.15) is 26.3 Å². The number of halogens is 8. The molecule has 1 atom stereocenters. The third-order valence-corrected chi connectivity index (χ3v) is 2.64. The Morgan fingerprint density at radius 1 is 0.950 bits per heavy atom. The molecule has 0 aliphatic rings. The molecule has 0 spiro atoms. The molecule has 0 radical (unpaired) electrons. The lowest BCUT2D eigenvalue weighted by atomic mass is 9.91. The molecule has 0 heterocycles. The van der Waals surface area contributed by atoms with Gasteiger partial charge in [0.1, 0.15) is 11.6 Å². The van der Waals surface area contributed by atoms with Crippen LogP contribution in [0.5, 0.6) is 0 Å². The van der Waals surface area contributed by atoms with Gasteiger partial charge < -0.3 is 5.32 Å². The van der Waals surface area contributed by atoms with Gasteiger partial charge in [0.15, 0.2) is 5.92 Å². The molecule has 20 heavy (non-hydrogen) atoms. The van der Waals surface area contributed by atoms with Crippen molar-refractivity contribution in [3.63, 3.8) is 0 Å². The van der Waals surface area contributed by atoms with Crippen molar-refractivity contribution in [2.45, 2.75) is 18.4 Å². The summed E-state index contributed by atoms with van der Waals surface area (Å²) in [6.07, 6.45) is -11.3. The monoisotopic (exact) mass is 307 g/mol. The van der Waals surface area contributed by atoms with Gasteiger partial charge in [-0.25, -0.2) is 8.78 Å². The van der Waals surface area contributed by atoms with Crippen LogP contribution in [0.15, 0.2) is 18.2 Å². The van der Waals surface area contributed by atoms with Crippen LogP contribution in [0.4, 0.5) is 35.1 Å². The molecule has 1 nitrogen and oxygen atoms in total. The van der Waals surface area contributed by atoms with Crippen LogP contribution < -0.4 is 5.32 Å². The molecule has 0 saturated heterocycles. The summed E-state index contributed by atoms with van der Waals surface area (Å²) in [5.41, 5.74) is -1.04. The van der Waals surface area contributed by atoms with Crippen LogP contribution >= 0.6 is 0 Å². The van der Waals surface area contributed by atoms with Crippen LogP contribution in [-0.4, -0.2) is 19.4 Å². The van der Waals surface area contributed by atoms with E-state index >= 15 is 0 Å². The van der Waals surface area contributed by atoms with E-state index in [-0.39, 0.29) is 0 Å². The zero-order valence-corrected chi connectivity index (χ0v) is 9.91. The minimum Gasteiger partial charge on any atom is -0.312 e. The highest BCUT2D eigenvalue weighted by Crippen LogP contribution is 2.46. The van der Waals surface area contributed by atoms with E-state index in [1.54, 1.807) is 5.32 Å². The van der Waals surface area contributed by atoms with E-state index in [4.69, 9.17) is 0 Å². The molecule has 0 aliphatic carbocycles. The van der Waals surface area contributed by atoms with Crippen LogP contribution in [-0.2, 0) is 0 Å². The van der Waals surface area contributed by atoms with Crippen molar-refractivity contribution in [3.8, 4) is 0 Å². The standard InChI is InChI=1S/C11H9F8N/c1-20-8(6-4-5(12)2-3-7(6)13)9(10(14,15)16)11(17,18)19/h2-4,8-9,20H,1H3. The molecule has 1 N–H and O–H groups in total. The van der Waals surface area contributed by atoms with E-state index in [1.807, 2.05) is 0 Å². The predicted octanol–water partition coefficient (Wildman–Crippen LogP) is 3.97. The van der Waals surface area contributed by atoms with Gasteiger partial charge in [0, 0.05) is 5.56 Å². The normalized spacial score (nSPS) is 14.7. The summed E-state index contributed by atoms with van der Waals surface area (Å²) in [5, 5.41) is 1.75. The minimum absolute atomic E-state index is 0.307. The summed E-state index contributed by atoms with van der Waals surface area (Å²) in [6.45, 7) is 0. The van der Waals surface area contributed by atoms with Gasteiger partial charge in [-0.3, -0.25) is 0 Å². The molecule has 1 aromatic rings. The van der Waals surface area contributed by atoms with E-state index in [2.05, 4.69) is 0 Å². The van der Waals surface area contributed by atoms with Gasteiger partial charge in [-0.1, -0.05) is 0 Å². The lowest BCUT2D eigenvalue weighted by molar-refractivity contribution is -0.292. The molecule has 114 valence electrons. The van der Waals surface area contributed by atoms with E-state index in [0.29, 0.717) is 18.2 Å². The predicted molar refractivity (Wildman–Crippen MR) is 53.8 cm³/mol. The largest absolute Gasteiger partial charge is 0.402 e. The van der Waals surface area contributed by atoms with Crippen molar-refractivity contribution in [3.05, 3.63) is 35.4 Å². The van der Waals surface area contributed by atoms with Crippen molar-refractivity contribution < 1.29 is 35.1 Å². The smallest absolute Gasteiger partial charge is 0.312 e. The molecule has 0 amide bonds. The topological polar surface area (TPSA) is 12.0 Å². The summed E-state index contributed by atoms with van der Waals surface area (Å²) < 4.78 is 102. The Morgan fingerprint density at radius 2 is 1.45 bits per heavy atom. The van der Waals surface area contributed by atoms with Gasteiger partial charge >= 0.3 is 12.4 Å². The van der Waals surface area contributed by atoms with Crippen molar-refractivity contribution in [1.29, 1.82) is 0 Å². The van der Waals surface area contributed by atoms with Gasteiger partial charge in [0.05, 0.1) is 6.04 Å². The number of hydrogen-bond acceptors (Lipinski definition) is 1. The highest BCUT2D eigenvalue weighted by atomic mass is 19.4. The second kappa shape index (κ2) is 5.55. The molecule has 0 aliphatic heterocycles. The van der Waals surface area contributed by atoms with Gasteiger partial charge in [0.25, 0.3) is 0 Å². The van der Waals surface area contributed by atoms with Crippen LogP contribution in [0, 0.1) is 17.6 Å². The highest BCUT2D eigenvalue weighted by Gasteiger charge is 2.60. The van der Waals surface area contributed by atoms with Gasteiger partial charge in [-0.05, 0) is 25.2 Å². The molecule has 0 saturated carbocycles. The van der Waals surface area contributed by atoms with Gasteiger partial charge in [-0.15, -0.1) is 0 Å². The highest BCUT2D eigenvalue weighted by molar-refractivity contribution is 5.24. The average molecular weight is 307 g/mol. The molecule has 1 aromatic carbocycles. The zero-order chi connectivity index (χ0) is 15.7. The molecular formula is C11H9F8N. The Labute approximate surface area is 108 Å². The molecule has 0 fully saturated rings. The maximum absolute atomic E-state index is 13.4. The lowest BCUT2D eigenvalue weighted by Gasteiger charge is -2.30. The molecule has 1 rings (SSSR count). The van der Waals surface area contributed by atoms with E-state index in [9.17, 15) is 35.1 Å². The van der Waals surface area contributed by atoms with E-state index in [1.165, 1.54) is 0 Å². The van der Waals surface area contributed by atoms with Crippen molar-refractivity contribution in [2.75, 3.05) is 7.05 Å². The Balaban J connectivity index is 3.38. The lowest BCUT2D eigenvalue weighted by Crippen LogP contribution is -2.45. The first kappa shape index (κ1) is 16.7. The summed E-state index contributed by atoms with van der Waals surface area (Å²) >= 11 is 0. The first-order chi connectivity index (χ1) is 8.98. The second-order valence-electron chi connectivity index (χ2n) is 3.99. The Kier molecular flexibility index (Phi) is 4.62. The molecule has 9 heteroatoms. The number of rotatable bonds is 3. The number of benzene rings is 1. The van der Waals surface area contributed by atoms with Crippen LogP contribution in [0.2, 0.25) is 0 Å². The Bertz CT molecular complexity index is 450. The quantitative estimate of drug-likeness (QED) is 0.833. The zero-order valence-electron chi connectivity index (χ0n) is 9.91. The molecule has 0 aromatic heterocycles. The van der Waals surface area contributed by atoms with Crippen LogP contribution in [0.3, 0.4) is 0 Å². The van der Waals surface area contributed by atoms with Crippen LogP contribution in [0.25, 0.3) is 0 Å². The number of hydrogen-bond donors (Lipinski definition) is 1. The fourth-order valence-corrected chi connectivity index (χ4v) is 1.82. The van der Waals surface area contributed by atoms with E-state index in [0.717, 1.165) is 7.05 Å². The maximum atomic E-state index is 13.4.